The molecular formula is C19H21ClN2O2S. The van der Waals surface area contributed by atoms with Gasteiger partial charge in [0.1, 0.15) is 6.04 Å². The van der Waals surface area contributed by atoms with E-state index in [2.05, 4.69) is 5.32 Å². The van der Waals surface area contributed by atoms with Crippen molar-refractivity contribution in [2.24, 2.45) is 0 Å². The highest BCUT2D eigenvalue weighted by molar-refractivity contribution is 7.10. The Hall–Kier alpha value is -1.85. The molecule has 3 rings (SSSR count). The third kappa shape index (κ3) is 4.22. The van der Waals surface area contributed by atoms with Crippen LogP contribution >= 0.6 is 22.9 Å². The van der Waals surface area contributed by atoms with Gasteiger partial charge in [-0.05, 0) is 42.8 Å². The zero-order valence-electron chi connectivity index (χ0n) is 14.1. The Bertz CT molecular complexity index is 748. The number of benzene rings is 1. The lowest BCUT2D eigenvalue weighted by Gasteiger charge is -2.26. The molecule has 0 bridgehead atoms. The summed E-state index contributed by atoms with van der Waals surface area (Å²) in [5, 5.41) is 5.60. The number of amides is 2. The Morgan fingerprint density at radius 2 is 2.12 bits per heavy atom. The highest BCUT2D eigenvalue weighted by Gasteiger charge is 2.34. The second-order valence-electron chi connectivity index (χ2n) is 6.25. The molecule has 1 fully saturated rings. The molecule has 2 heterocycles. The molecule has 1 aromatic carbocycles. The smallest absolute Gasteiger partial charge is 0.243 e. The first kappa shape index (κ1) is 18.0. The van der Waals surface area contributed by atoms with Gasteiger partial charge in [0.25, 0.3) is 0 Å². The number of halogens is 1. The topological polar surface area (TPSA) is 49.4 Å². The van der Waals surface area contributed by atoms with E-state index in [0.29, 0.717) is 24.4 Å². The van der Waals surface area contributed by atoms with Crippen LogP contribution in [0.1, 0.15) is 36.2 Å². The summed E-state index contributed by atoms with van der Waals surface area (Å²) in [4.78, 5) is 28.0. The van der Waals surface area contributed by atoms with Crippen molar-refractivity contribution in [2.75, 3.05) is 6.54 Å². The number of carbonyl (C=O) groups is 2. The summed E-state index contributed by atoms with van der Waals surface area (Å²) in [5.41, 5.74) is 0.881. The minimum Gasteiger partial charge on any atom is -0.348 e. The van der Waals surface area contributed by atoms with Crippen molar-refractivity contribution >= 4 is 34.8 Å². The average Bonchev–Trinajstić information content (AvgIpc) is 3.26. The van der Waals surface area contributed by atoms with Crippen LogP contribution < -0.4 is 5.32 Å². The lowest BCUT2D eigenvalue weighted by Crippen LogP contribution is -2.47. The monoisotopic (exact) mass is 376 g/mol. The van der Waals surface area contributed by atoms with Crippen LogP contribution in [0.3, 0.4) is 0 Å². The van der Waals surface area contributed by atoms with Crippen molar-refractivity contribution < 1.29 is 9.59 Å². The molecule has 0 aliphatic carbocycles. The van der Waals surface area contributed by atoms with E-state index in [0.717, 1.165) is 16.9 Å². The molecule has 1 aliphatic heterocycles. The van der Waals surface area contributed by atoms with Crippen LogP contribution in [-0.2, 0) is 16.0 Å². The first-order valence-corrected chi connectivity index (χ1v) is 9.68. The molecule has 25 heavy (non-hydrogen) atoms. The van der Waals surface area contributed by atoms with E-state index in [-0.39, 0.29) is 17.9 Å². The highest BCUT2D eigenvalue weighted by atomic mass is 35.5. The molecule has 4 nitrogen and oxygen atoms in total. The van der Waals surface area contributed by atoms with Gasteiger partial charge in [-0.3, -0.25) is 9.59 Å². The van der Waals surface area contributed by atoms with Crippen molar-refractivity contribution in [3.63, 3.8) is 0 Å². The van der Waals surface area contributed by atoms with Gasteiger partial charge < -0.3 is 10.2 Å². The van der Waals surface area contributed by atoms with Crippen LogP contribution in [0, 0.1) is 0 Å². The summed E-state index contributed by atoms with van der Waals surface area (Å²) >= 11 is 7.77. The van der Waals surface area contributed by atoms with E-state index in [1.165, 1.54) is 0 Å². The van der Waals surface area contributed by atoms with Gasteiger partial charge >= 0.3 is 0 Å². The number of hydrogen-bond donors (Lipinski definition) is 1. The number of carbonyl (C=O) groups excluding carboxylic acids is 2. The molecular weight excluding hydrogens is 356 g/mol. The average molecular weight is 377 g/mol. The third-order valence-corrected chi connectivity index (χ3v) is 5.73. The SMILES string of the molecule is CC(NC(=O)C1CCCN1C(=O)Cc1cccs1)c1ccccc1Cl. The van der Waals surface area contributed by atoms with Crippen molar-refractivity contribution in [1.82, 2.24) is 10.2 Å². The third-order valence-electron chi connectivity index (χ3n) is 4.51. The molecule has 0 saturated carbocycles. The van der Waals surface area contributed by atoms with Gasteiger partial charge in [0.2, 0.25) is 11.8 Å². The molecule has 1 N–H and O–H groups in total. The fourth-order valence-electron chi connectivity index (χ4n) is 3.22. The summed E-state index contributed by atoms with van der Waals surface area (Å²) in [5.74, 6) is -0.0880. The van der Waals surface area contributed by atoms with Crippen LogP contribution in [0.15, 0.2) is 41.8 Å². The number of thiophene rings is 1. The summed E-state index contributed by atoms with van der Waals surface area (Å²) in [6.45, 7) is 2.55. The van der Waals surface area contributed by atoms with Crippen molar-refractivity contribution in [1.29, 1.82) is 0 Å². The van der Waals surface area contributed by atoms with Crippen LogP contribution in [0.5, 0.6) is 0 Å². The molecule has 2 amide bonds. The molecule has 132 valence electrons. The minimum absolute atomic E-state index is 0.0190. The summed E-state index contributed by atoms with van der Waals surface area (Å²) in [7, 11) is 0. The number of nitrogens with one attached hydrogen (secondary N) is 1. The van der Waals surface area contributed by atoms with Gasteiger partial charge in [0.05, 0.1) is 12.5 Å². The predicted molar refractivity (Wildman–Crippen MR) is 101 cm³/mol. The molecule has 6 heteroatoms. The van der Waals surface area contributed by atoms with Crippen molar-refractivity contribution in [2.45, 2.75) is 38.3 Å². The molecule has 0 spiro atoms. The van der Waals surface area contributed by atoms with Gasteiger partial charge in [0.15, 0.2) is 0 Å². The number of rotatable bonds is 5. The van der Waals surface area contributed by atoms with E-state index < -0.39 is 6.04 Å². The van der Waals surface area contributed by atoms with Gasteiger partial charge in [-0.2, -0.15) is 0 Å². The first-order valence-electron chi connectivity index (χ1n) is 8.43. The summed E-state index contributed by atoms with van der Waals surface area (Å²) < 4.78 is 0. The van der Waals surface area contributed by atoms with E-state index in [1.807, 2.05) is 48.7 Å². The highest BCUT2D eigenvalue weighted by Crippen LogP contribution is 2.24. The molecule has 2 unspecified atom stereocenters. The Morgan fingerprint density at radius 1 is 1.32 bits per heavy atom. The molecule has 2 atom stereocenters. The van der Waals surface area contributed by atoms with E-state index in [9.17, 15) is 9.59 Å². The quantitative estimate of drug-likeness (QED) is 0.862. The Labute approximate surface area is 156 Å². The Morgan fingerprint density at radius 3 is 2.84 bits per heavy atom. The van der Waals surface area contributed by atoms with Gasteiger partial charge in [0, 0.05) is 16.4 Å². The number of hydrogen-bond acceptors (Lipinski definition) is 3. The molecule has 1 saturated heterocycles. The molecule has 1 aromatic heterocycles. The second-order valence-corrected chi connectivity index (χ2v) is 7.69. The summed E-state index contributed by atoms with van der Waals surface area (Å²) in [6.07, 6.45) is 1.92. The Kier molecular flexibility index (Phi) is 5.76. The van der Waals surface area contributed by atoms with E-state index >= 15 is 0 Å². The molecule has 2 aromatic rings. The van der Waals surface area contributed by atoms with Gasteiger partial charge in [-0.25, -0.2) is 0 Å². The maximum absolute atomic E-state index is 12.7. The van der Waals surface area contributed by atoms with E-state index in [4.69, 9.17) is 11.6 Å². The van der Waals surface area contributed by atoms with Crippen LogP contribution in [0.2, 0.25) is 5.02 Å². The van der Waals surface area contributed by atoms with Gasteiger partial charge in [-0.1, -0.05) is 35.9 Å². The fourth-order valence-corrected chi connectivity index (χ4v) is 4.21. The predicted octanol–water partition coefficient (Wildman–Crippen LogP) is 3.81. The van der Waals surface area contributed by atoms with Crippen molar-refractivity contribution in [3.05, 3.63) is 57.2 Å². The zero-order valence-corrected chi connectivity index (χ0v) is 15.6. The second kappa shape index (κ2) is 8.02. The molecule has 0 radical (unpaired) electrons. The number of likely N-dealkylation sites (tertiary alicyclic amines) is 1. The lowest BCUT2D eigenvalue weighted by atomic mass is 10.1. The zero-order chi connectivity index (χ0) is 17.8. The molecule has 1 aliphatic rings. The van der Waals surface area contributed by atoms with Crippen LogP contribution in [-0.4, -0.2) is 29.3 Å². The van der Waals surface area contributed by atoms with Crippen LogP contribution in [0.25, 0.3) is 0 Å². The first-order chi connectivity index (χ1) is 12.1. The number of nitrogens with zero attached hydrogens (tertiary/aromatic N) is 1. The van der Waals surface area contributed by atoms with Gasteiger partial charge in [-0.15, -0.1) is 11.3 Å². The summed E-state index contributed by atoms with van der Waals surface area (Å²) in [6, 6.07) is 10.8. The van der Waals surface area contributed by atoms with Crippen molar-refractivity contribution in [3.8, 4) is 0 Å². The maximum atomic E-state index is 12.7. The normalized spacial score (nSPS) is 18.2. The standard InChI is InChI=1S/C19H21ClN2O2S/c1-13(15-7-2-3-8-16(15)20)21-19(24)17-9-4-10-22(17)18(23)12-14-6-5-11-25-14/h2-3,5-8,11,13,17H,4,9-10,12H2,1H3,(H,21,24). The largest absolute Gasteiger partial charge is 0.348 e. The maximum Gasteiger partial charge on any atom is 0.243 e. The fraction of sp³-hybridized carbons (Fsp3) is 0.368. The lowest BCUT2D eigenvalue weighted by molar-refractivity contribution is -0.138. The Balaban J connectivity index is 1.64. The van der Waals surface area contributed by atoms with Crippen LogP contribution in [0.4, 0.5) is 0 Å². The minimum atomic E-state index is -0.391. The van der Waals surface area contributed by atoms with E-state index in [1.54, 1.807) is 16.2 Å².